The van der Waals surface area contributed by atoms with Crippen LogP contribution in [0.15, 0.2) is 29.3 Å². The molecule has 0 saturated carbocycles. The first kappa shape index (κ1) is 24.9. The highest BCUT2D eigenvalue weighted by Gasteiger charge is 2.23. The van der Waals surface area contributed by atoms with Gasteiger partial charge in [-0.3, -0.25) is 9.89 Å². The van der Waals surface area contributed by atoms with Gasteiger partial charge in [-0.25, -0.2) is 4.79 Å². The van der Waals surface area contributed by atoms with Gasteiger partial charge in [-0.15, -0.1) is 0 Å². The average molecular weight is 434 g/mol. The zero-order valence-electron chi connectivity index (χ0n) is 19.7. The van der Waals surface area contributed by atoms with E-state index in [-0.39, 0.29) is 12.1 Å². The molecule has 31 heavy (non-hydrogen) atoms. The Labute approximate surface area is 186 Å². The molecule has 0 bridgehead atoms. The van der Waals surface area contributed by atoms with E-state index in [0.29, 0.717) is 13.1 Å². The number of benzene rings is 1. The van der Waals surface area contributed by atoms with Crippen LogP contribution in [-0.2, 0) is 9.47 Å². The van der Waals surface area contributed by atoms with Gasteiger partial charge < -0.3 is 25.4 Å². The normalized spacial score (nSPS) is 16.5. The Kier molecular flexibility index (Phi) is 10.1. The molecule has 1 aliphatic heterocycles. The van der Waals surface area contributed by atoms with Crippen LogP contribution >= 0.6 is 0 Å². The van der Waals surface area contributed by atoms with Crippen LogP contribution in [0.4, 0.5) is 4.79 Å². The topological polar surface area (TPSA) is 87.2 Å². The molecule has 8 heteroatoms. The number of guanidine groups is 1. The maximum Gasteiger partial charge on any atom is 0.407 e. The first-order valence-electron chi connectivity index (χ1n) is 11.1. The minimum absolute atomic E-state index is 0.246. The molecule has 1 aromatic carbocycles. The first-order valence-corrected chi connectivity index (χ1v) is 11.1. The number of alkyl carbamates (subject to hydrolysis) is 1. The van der Waals surface area contributed by atoms with E-state index in [1.807, 2.05) is 20.8 Å². The molecule has 8 nitrogen and oxygen atoms in total. The summed E-state index contributed by atoms with van der Waals surface area (Å²) >= 11 is 0. The van der Waals surface area contributed by atoms with Gasteiger partial charge in [-0.2, -0.15) is 0 Å². The summed E-state index contributed by atoms with van der Waals surface area (Å²) in [6, 6.07) is 8.92. The van der Waals surface area contributed by atoms with Crippen molar-refractivity contribution in [2.24, 2.45) is 4.99 Å². The fourth-order valence-electron chi connectivity index (χ4n) is 3.44. The SMILES string of the molecule is CN=C(NCCCNC(=O)OC(C)(C)C)NCC(c1cccc(C)c1)N1CCOCC1. The number of rotatable bonds is 8. The maximum atomic E-state index is 11.7. The van der Waals surface area contributed by atoms with E-state index >= 15 is 0 Å². The molecular weight excluding hydrogens is 394 g/mol. The molecule has 2 rings (SSSR count). The molecule has 1 amide bonds. The second-order valence-electron chi connectivity index (χ2n) is 8.74. The predicted molar refractivity (Wildman–Crippen MR) is 125 cm³/mol. The van der Waals surface area contributed by atoms with Crippen LogP contribution in [0, 0.1) is 6.92 Å². The largest absolute Gasteiger partial charge is 0.444 e. The van der Waals surface area contributed by atoms with Gasteiger partial charge >= 0.3 is 6.09 Å². The third kappa shape index (κ3) is 9.57. The summed E-state index contributed by atoms with van der Waals surface area (Å²) in [5.41, 5.74) is 2.07. The van der Waals surface area contributed by atoms with Crippen molar-refractivity contribution >= 4 is 12.1 Å². The smallest absolute Gasteiger partial charge is 0.407 e. The fraction of sp³-hybridized carbons (Fsp3) is 0.652. The molecule has 0 aromatic heterocycles. The number of hydrogen-bond acceptors (Lipinski definition) is 5. The molecule has 1 fully saturated rings. The number of nitrogens with zero attached hydrogens (tertiary/aromatic N) is 2. The Bertz CT molecular complexity index is 711. The second kappa shape index (κ2) is 12.5. The molecule has 1 saturated heterocycles. The van der Waals surface area contributed by atoms with Crippen LogP contribution in [-0.4, -0.2) is 75.5 Å². The van der Waals surface area contributed by atoms with E-state index in [2.05, 4.69) is 57.0 Å². The number of nitrogens with one attached hydrogen (secondary N) is 3. The van der Waals surface area contributed by atoms with Gasteiger partial charge in [0.2, 0.25) is 0 Å². The second-order valence-corrected chi connectivity index (χ2v) is 8.74. The number of aliphatic imine (C=N–C) groups is 1. The Morgan fingerprint density at radius 3 is 2.55 bits per heavy atom. The van der Waals surface area contributed by atoms with Crippen molar-refractivity contribution in [2.45, 2.75) is 45.8 Å². The van der Waals surface area contributed by atoms with Crippen LogP contribution in [0.1, 0.15) is 44.4 Å². The summed E-state index contributed by atoms with van der Waals surface area (Å²) in [5, 5.41) is 9.55. The fourth-order valence-corrected chi connectivity index (χ4v) is 3.44. The number of ether oxygens (including phenoxy) is 2. The molecule has 1 unspecified atom stereocenters. The lowest BCUT2D eigenvalue weighted by Gasteiger charge is -2.35. The van der Waals surface area contributed by atoms with E-state index in [1.54, 1.807) is 7.05 Å². The van der Waals surface area contributed by atoms with Crippen molar-refractivity contribution in [2.75, 3.05) is 53.0 Å². The number of aryl methyl sites for hydroxylation is 1. The van der Waals surface area contributed by atoms with Gasteiger partial charge in [0.15, 0.2) is 5.96 Å². The van der Waals surface area contributed by atoms with Crippen LogP contribution in [0.3, 0.4) is 0 Å². The molecule has 0 aliphatic carbocycles. The van der Waals surface area contributed by atoms with E-state index in [4.69, 9.17) is 9.47 Å². The number of amides is 1. The Balaban J connectivity index is 1.80. The predicted octanol–water partition coefficient (Wildman–Crippen LogP) is 2.45. The maximum absolute atomic E-state index is 11.7. The van der Waals surface area contributed by atoms with Gasteiger partial charge in [0, 0.05) is 39.8 Å². The van der Waals surface area contributed by atoms with Crippen LogP contribution in [0.25, 0.3) is 0 Å². The van der Waals surface area contributed by atoms with Gasteiger partial charge in [0.05, 0.1) is 19.3 Å². The molecule has 174 valence electrons. The number of morpholine rings is 1. The van der Waals surface area contributed by atoms with E-state index < -0.39 is 5.60 Å². The molecule has 0 radical (unpaired) electrons. The van der Waals surface area contributed by atoms with Crippen molar-refractivity contribution < 1.29 is 14.3 Å². The molecular formula is C23H39N5O3. The van der Waals surface area contributed by atoms with Crippen LogP contribution in [0.5, 0.6) is 0 Å². The Morgan fingerprint density at radius 2 is 1.90 bits per heavy atom. The van der Waals surface area contributed by atoms with E-state index in [1.165, 1.54) is 11.1 Å². The summed E-state index contributed by atoms with van der Waals surface area (Å²) in [7, 11) is 1.77. The van der Waals surface area contributed by atoms with Gasteiger partial charge in [0.25, 0.3) is 0 Å². The van der Waals surface area contributed by atoms with Crippen molar-refractivity contribution in [1.29, 1.82) is 0 Å². The van der Waals surface area contributed by atoms with Gasteiger partial charge in [-0.05, 0) is 39.7 Å². The zero-order chi connectivity index (χ0) is 22.7. The van der Waals surface area contributed by atoms with Crippen molar-refractivity contribution in [3.63, 3.8) is 0 Å². The highest BCUT2D eigenvalue weighted by molar-refractivity contribution is 5.79. The molecule has 0 spiro atoms. The third-order valence-electron chi connectivity index (χ3n) is 4.91. The van der Waals surface area contributed by atoms with Crippen molar-refractivity contribution in [3.05, 3.63) is 35.4 Å². The van der Waals surface area contributed by atoms with Gasteiger partial charge in [0.1, 0.15) is 5.60 Å². The van der Waals surface area contributed by atoms with Crippen molar-refractivity contribution in [1.82, 2.24) is 20.9 Å². The summed E-state index contributed by atoms with van der Waals surface area (Å²) in [6.45, 7) is 13.0. The van der Waals surface area contributed by atoms with E-state index in [9.17, 15) is 4.79 Å². The molecule has 1 aliphatic rings. The Morgan fingerprint density at radius 1 is 1.19 bits per heavy atom. The highest BCUT2D eigenvalue weighted by atomic mass is 16.6. The van der Waals surface area contributed by atoms with Crippen molar-refractivity contribution in [3.8, 4) is 0 Å². The van der Waals surface area contributed by atoms with E-state index in [0.717, 1.165) is 45.2 Å². The lowest BCUT2D eigenvalue weighted by atomic mass is 10.0. The molecule has 1 heterocycles. The minimum Gasteiger partial charge on any atom is -0.444 e. The zero-order valence-corrected chi connectivity index (χ0v) is 19.7. The number of carbonyl (C=O) groups excluding carboxylic acids is 1. The summed E-state index contributed by atoms with van der Waals surface area (Å²) in [6.07, 6.45) is 0.381. The highest BCUT2D eigenvalue weighted by Crippen LogP contribution is 2.22. The number of carbonyl (C=O) groups is 1. The summed E-state index contributed by atoms with van der Waals surface area (Å²) in [5.74, 6) is 0.753. The standard InChI is InChI=1S/C23H39N5O3/c1-18-8-6-9-19(16-18)20(28-12-14-30-15-13-28)17-27-21(24-5)25-10-7-11-26-22(29)31-23(2,3)4/h6,8-9,16,20H,7,10-15,17H2,1-5H3,(H,26,29)(H2,24,25,27). The Hall–Kier alpha value is -2.32. The van der Waals surface area contributed by atoms with Gasteiger partial charge in [-0.1, -0.05) is 29.8 Å². The molecule has 3 N–H and O–H groups in total. The molecule has 1 aromatic rings. The lowest BCUT2D eigenvalue weighted by Crippen LogP contribution is -2.46. The quantitative estimate of drug-likeness (QED) is 0.332. The molecule has 1 atom stereocenters. The lowest BCUT2D eigenvalue weighted by molar-refractivity contribution is 0.0170. The summed E-state index contributed by atoms with van der Waals surface area (Å²) < 4.78 is 10.8. The monoisotopic (exact) mass is 433 g/mol. The third-order valence-corrected chi connectivity index (χ3v) is 4.91. The average Bonchev–Trinajstić information content (AvgIpc) is 2.71. The number of hydrogen-bond donors (Lipinski definition) is 3. The minimum atomic E-state index is -0.484. The first-order chi connectivity index (χ1) is 14.8. The van der Waals surface area contributed by atoms with Crippen LogP contribution < -0.4 is 16.0 Å². The summed E-state index contributed by atoms with van der Waals surface area (Å²) in [4.78, 5) is 18.5. The van der Waals surface area contributed by atoms with Crippen LogP contribution in [0.2, 0.25) is 0 Å².